The van der Waals surface area contributed by atoms with Gasteiger partial charge in [-0.1, -0.05) is 20.8 Å². The van der Waals surface area contributed by atoms with Gasteiger partial charge in [-0.15, -0.1) is 11.3 Å². The lowest BCUT2D eigenvalue weighted by Gasteiger charge is -2.10. The molecule has 0 aliphatic carbocycles. The summed E-state index contributed by atoms with van der Waals surface area (Å²) >= 11 is 1.49. The number of aromatic nitrogens is 1. The van der Waals surface area contributed by atoms with E-state index in [1.54, 1.807) is 0 Å². The second-order valence-corrected chi connectivity index (χ2v) is 6.53. The molecule has 0 saturated heterocycles. The molecular formula is C14H24N2O2S. The zero-order valence-corrected chi connectivity index (χ0v) is 13.0. The minimum absolute atomic E-state index is 0.0465. The number of carbonyl (C=O) groups excluding carboxylic acids is 1. The number of nitrogens with one attached hydrogen (secondary N) is 1. The molecule has 1 heterocycles. The largest absolute Gasteiger partial charge is 0.396 e. The molecule has 1 amide bonds. The van der Waals surface area contributed by atoms with Gasteiger partial charge in [0.1, 0.15) is 4.88 Å². The first-order chi connectivity index (χ1) is 8.93. The maximum atomic E-state index is 12.1. The van der Waals surface area contributed by atoms with Gasteiger partial charge in [0.2, 0.25) is 0 Å². The molecule has 0 aliphatic rings. The first-order valence-corrected chi connectivity index (χ1v) is 7.61. The highest BCUT2D eigenvalue weighted by Crippen LogP contribution is 2.20. The Kier molecular flexibility index (Phi) is 6.45. The van der Waals surface area contributed by atoms with Crippen LogP contribution in [0.4, 0.5) is 0 Å². The summed E-state index contributed by atoms with van der Waals surface area (Å²) in [5, 5.41) is 12.8. The van der Waals surface area contributed by atoms with Crippen molar-refractivity contribution in [3.8, 4) is 0 Å². The summed E-state index contributed by atoms with van der Waals surface area (Å²) in [5.74, 6) is 0.790. The van der Waals surface area contributed by atoms with E-state index in [0.717, 1.165) is 17.1 Å². The van der Waals surface area contributed by atoms with E-state index in [1.807, 2.05) is 13.8 Å². The Morgan fingerprint density at radius 2 is 2.11 bits per heavy atom. The summed E-state index contributed by atoms with van der Waals surface area (Å²) in [6.07, 6.45) is 1.63. The topological polar surface area (TPSA) is 62.2 Å². The molecule has 1 aromatic heterocycles. The highest BCUT2D eigenvalue weighted by Gasteiger charge is 2.16. The minimum atomic E-state index is -0.0465. The SMILES string of the molecule is Cc1nc(CC(C)C)sc1C(=O)NCC(C)CCO. The zero-order valence-electron chi connectivity index (χ0n) is 12.2. The van der Waals surface area contributed by atoms with Crippen molar-refractivity contribution < 1.29 is 9.90 Å². The van der Waals surface area contributed by atoms with Crippen molar-refractivity contribution in [2.75, 3.05) is 13.2 Å². The highest BCUT2D eigenvalue weighted by molar-refractivity contribution is 7.13. The molecule has 0 fully saturated rings. The standard InChI is InChI=1S/C14H24N2O2S/c1-9(2)7-12-16-11(4)13(19-12)14(18)15-8-10(3)5-6-17/h9-10,17H,5-8H2,1-4H3,(H,15,18). The molecule has 0 aliphatic heterocycles. The van der Waals surface area contributed by atoms with Crippen LogP contribution in [0.5, 0.6) is 0 Å². The number of amides is 1. The number of nitrogens with zero attached hydrogens (tertiary/aromatic N) is 1. The fraction of sp³-hybridized carbons (Fsp3) is 0.714. The average Bonchev–Trinajstić information content (AvgIpc) is 2.66. The van der Waals surface area contributed by atoms with Crippen molar-refractivity contribution in [2.45, 2.75) is 40.5 Å². The fourth-order valence-electron chi connectivity index (χ4n) is 1.77. The predicted octanol–water partition coefficient (Wildman–Crippen LogP) is 2.40. The molecule has 0 saturated carbocycles. The van der Waals surface area contributed by atoms with Gasteiger partial charge < -0.3 is 10.4 Å². The molecule has 0 bridgehead atoms. The average molecular weight is 284 g/mol. The monoisotopic (exact) mass is 284 g/mol. The van der Waals surface area contributed by atoms with Crippen LogP contribution in [0.1, 0.15) is 47.6 Å². The first-order valence-electron chi connectivity index (χ1n) is 6.79. The van der Waals surface area contributed by atoms with Gasteiger partial charge in [0.25, 0.3) is 5.91 Å². The molecule has 1 atom stereocenters. The number of aliphatic hydroxyl groups excluding tert-OH is 1. The van der Waals surface area contributed by atoms with Gasteiger partial charge in [-0.05, 0) is 25.2 Å². The van der Waals surface area contributed by atoms with Crippen LogP contribution in [0.15, 0.2) is 0 Å². The number of aliphatic hydroxyl groups is 1. The van der Waals surface area contributed by atoms with E-state index in [1.165, 1.54) is 11.3 Å². The van der Waals surface area contributed by atoms with Crippen molar-refractivity contribution >= 4 is 17.2 Å². The molecule has 19 heavy (non-hydrogen) atoms. The Balaban J connectivity index is 2.59. The van der Waals surface area contributed by atoms with Crippen LogP contribution in [0.25, 0.3) is 0 Å². The number of hydrogen-bond donors (Lipinski definition) is 2. The van der Waals surface area contributed by atoms with E-state index in [-0.39, 0.29) is 18.4 Å². The Labute approximate surface area is 119 Å². The summed E-state index contributed by atoms with van der Waals surface area (Å²) in [7, 11) is 0. The predicted molar refractivity (Wildman–Crippen MR) is 78.6 cm³/mol. The number of thiazole rings is 1. The molecule has 1 unspecified atom stereocenters. The normalized spacial score (nSPS) is 12.7. The van der Waals surface area contributed by atoms with Gasteiger partial charge in [-0.2, -0.15) is 0 Å². The molecule has 0 spiro atoms. The second-order valence-electron chi connectivity index (χ2n) is 5.45. The Bertz CT molecular complexity index is 416. The van der Waals surface area contributed by atoms with Crippen LogP contribution in [0, 0.1) is 18.8 Å². The van der Waals surface area contributed by atoms with E-state index < -0.39 is 0 Å². The second kappa shape index (κ2) is 7.60. The Morgan fingerprint density at radius 1 is 1.42 bits per heavy atom. The van der Waals surface area contributed by atoms with Crippen LogP contribution in [-0.4, -0.2) is 29.1 Å². The van der Waals surface area contributed by atoms with Gasteiger partial charge in [0, 0.05) is 19.6 Å². The Morgan fingerprint density at radius 3 is 2.68 bits per heavy atom. The number of carbonyl (C=O) groups is 1. The lowest BCUT2D eigenvalue weighted by atomic mass is 10.1. The number of rotatable bonds is 7. The van der Waals surface area contributed by atoms with E-state index in [2.05, 4.69) is 24.1 Å². The maximum absolute atomic E-state index is 12.1. The van der Waals surface area contributed by atoms with Crippen molar-refractivity contribution in [3.63, 3.8) is 0 Å². The van der Waals surface area contributed by atoms with Crippen molar-refractivity contribution in [3.05, 3.63) is 15.6 Å². The molecule has 0 radical (unpaired) electrons. The number of hydrogen-bond acceptors (Lipinski definition) is 4. The summed E-state index contributed by atoms with van der Waals surface area (Å²) in [5.41, 5.74) is 0.813. The lowest BCUT2D eigenvalue weighted by molar-refractivity contribution is 0.0948. The third-order valence-electron chi connectivity index (χ3n) is 2.86. The number of aryl methyl sites for hydroxylation is 1. The summed E-state index contributed by atoms with van der Waals surface area (Å²) in [6.45, 7) is 8.94. The van der Waals surface area contributed by atoms with Crippen LogP contribution in [0.2, 0.25) is 0 Å². The molecule has 0 aromatic carbocycles. The third-order valence-corrected chi connectivity index (χ3v) is 4.04. The van der Waals surface area contributed by atoms with E-state index >= 15 is 0 Å². The summed E-state index contributed by atoms with van der Waals surface area (Å²) < 4.78 is 0. The fourth-order valence-corrected chi connectivity index (χ4v) is 2.96. The molecular weight excluding hydrogens is 260 g/mol. The van der Waals surface area contributed by atoms with Crippen LogP contribution < -0.4 is 5.32 Å². The zero-order chi connectivity index (χ0) is 14.4. The van der Waals surface area contributed by atoms with E-state index in [9.17, 15) is 4.79 Å². The van der Waals surface area contributed by atoms with Gasteiger partial charge >= 0.3 is 0 Å². The first kappa shape index (κ1) is 16.1. The van der Waals surface area contributed by atoms with Crippen LogP contribution in [0.3, 0.4) is 0 Å². The van der Waals surface area contributed by atoms with Gasteiger partial charge in [0.15, 0.2) is 0 Å². The molecule has 5 heteroatoms. The minimum Gasteiger partial charge on any atom is -0.396 e. The summed E-state index contributed by atoms with van der Waals surface area (Å²) in [6, 6.07) is 0. The molecule has 1 rings (SSSR count). The molecule has 2 N–H and O–H groups in total. The third kappa shape index (κ3) is 5.28. The maximum Gasteiger partial charge on any atom is 0.263 e. The van der Waals surface area contributed by atoms with Crippen molar-refractivity contribution in [1.82, 2.24) is 10.3 Å². The van der Waals surface area contributed by atoms with Crippen LogP contribution >= 0.6 is 11.3 Å². The highest BCUT2D eigenvalue weighted by atomic mass is 32.1. The van der Waals surface area contributed by atoms with E-state index in [0.29, 0.717) is 23.8 Å². The van der Waals surface area contributed by atoms with Gasteiger partial charge in [-0.25, -0.2) is 4.98 Å². The van der Waals surface area contributed by atoms with Crippen LogP contribution in [-0.2, 0) is 6.42 Å². The Hall–Kier alpha value is -0.940. The van der Waals surface area contributed by atoms with Crippen molar-refractivity contribution in [2.24, 2.45) is 11.8 Å². The van der Waals surface area contributed by atoms with Crippen molar-refractivity contribution in [1.29, 1.82) is 0 Å². The van der Waals surface area contributed by atoms with E-state index in [4.69, 9.17) is 5.11 Å². The molecule has 108 valence electrons. The molecule has 1 aromatic rings. The summed E-state index contributed by atoms with van der Waals surface area (Å²) in [4.78, 5) is 17.2. The quantitative estimate of drug-likeness (QED) is 0.808. The van der Waals surface area contributed by atoms with Gasteiger partial charge in [0.05, 0.1) is 10.7 Å². The van der Waals surface area contributed by atoms with Gasteiger partial charge in [-0.3, -0.25) is 4.79 Å². The molecule has 4 nitrogen and oxygen atoms in total. The smallest absolute Gasteiger partial charge is 0.263 e. The lowest BCUT2D eigenvalue weighted by Crippen LogP contribution is -2.28.